The number of para-hydroxylation sites is 1. The van der Waals surface area contributed by atoms with Gasteiger partial charge < -0.3 is 15.3 Å². The number of benzene rings is 1. The van der Waals surface area contributed by atoms with E-state index >= 15 is 0 Å². The van der Waals surface area contributed by atoms with E-state index in [9.17, 15) is 9.90 Å². The van der Waals surface area contributed by atoms with Crippen molar-refractivity contribution in [1.82, 2.24) is 9.80 Å². The highest BCUT2D eigenvalue weighted by Crippen LogP contribution is 2.22. The number of β-amino-alcohol motifs (C(OH)–C–C–N with tert-alkyl or cyclic N) is 1. The number of hydrogen-bond acceptors (Lipinski definition) is 4. The van der Waals surface area contributed by atoms with Gasteiger partial charge in [0.1, 0.15) is 0 Å². The van der Waals surface area contributed by atoms with E-state index in [1.807, 2.05) is 38.4 Å². The topological polar surface area (TPSA) is 55.8 Å². The summed E-state index contributed by atoms with van der Waals surface area (Å²) in [5.74, 6) is -0.0558. The Kier molecular flexibility index (Phi) is 5.75. The van der Waals surface area contributed by atoms with Gasteiger partial charge in [-0.3, -0.25) is 9.69 Å². The van der Waals surface area contributed by atoms with E-state index in [0.29, 0.717) is 13.1 Å². The third kappa shape index (κ3) is 4.78. The molecule has 1 saturated heterocycles. The number of carbonyl (C=O) groups excluding carboxylic acids is 1. The molecule has 116 valence electrons. The number of aliphatic hydroxyl groups excluding tert-OH is 1. The van der Waals surface area contributed by atoms with Crippen molar-refractivity contribution in [3.8, 4) is 0 Å². The third-order valence-electron chi connectivity index (χ3n) is 3.58. The number of hydrogen-bond donors (Lipinski definition) is 2. The highest BCUT2D eigenvalue weighted by atomic mass is 79.9. The third-order valence-corrected chi connectivity index (χ3v) is 4.27. The Bertz CT molecular complexity index is 496. The molecule has 2 rings (SSSR count). The number of nitrogens with one attached hydrogen (secondary N) is 1. The summed E-state index contributed by atoms with van der Waals surface area (Å²) in [5, 5.41) is 12.7. The maximum Gasteiger partial charge on any atom is 0.238 e. The molecule has 0 saturated carbocycles. The van der Waals surface area contributed by atoms with Gasteiger partial charge in [0.15, 0.2) is 0 Å². The molecule has 1 fully saturated rings. The SMILES string of the molecule is CN(C)CC1CC(O)CN1CC(=O)Nc1ccccc1Br. The number of likely N-dealkylation sites (tertiary alicyclic amines) is 1. The first-order valence-electron chi connectivity index (χ1n) is 7.07. The van der Waals surface area contributed by atoms with Crippen molar-refractivity contribution in [3.63, 3.8) is 0 Å². The second-order valence-corrected chi connectivity index (χ2v) is 6.62. The minimum absolute atomic E-state index is 0.0558. The largest absolute Gasteiger partial charge is 0.392 e. The summed E-state index contributed by atoms with van der Waals surface area (Å²) in [6, 6.07) is 7.76. The lowest BCUT2D eigenvalue weighted by molar-refractivity contribution is -0.117. The Hall–Kier alpha value is -0.950. The molecular weight excluding hydrogens is 334 g/mol. The van der Waals surface area contributed by atoms with Gasteiger partial charge in [-0.25, -0.2) is 0 Å². The molecule has 6 heteroatoms. The predicted molar refractivity (Wildman–Crippen MR) is 87.3 cm³/mol. The van der Waals surface area contributed by atoms with E-state index in [1.165, 1.54) is 0 Å². The van der Waals surface area contributed by atoms with Crippen LogP contribution in [0.2, 0.25) is 0 Å². The van der Waals surface area contributed by atoms with Gasteiger partial charge in [-0.05, 0) is 48.6 Å². The van der Waals surface area contributed by atoms with Crippen molar-refractivity contribution in [3.05, 3.63) is 28.7 Å². The van der Waals surface area contributed by atoms with Crippen LogP contribution in [0.25, 0.3) is 0 Å². The molecule has 1 amide bonds. The second-order valence-electron chi connectivity index (χ2n) is 5.76. The van der Waals surface area contributed by atoms with Crippen LogP contribution >= 0.6 is 15.9 Å². The average Bonchev–Trinajstić information content (AvgIpc) is 2.71. The summed E-state index contributed by atoms with van der Waals surface area (Å²) in [4.78, 5) is 16.3. The van der Waals surface area contributed by atoms with Gasteiger partial charge in [0, 0.05) is 23.6 Å². The number of aliphatic hydroxyl groups is 1. The van der Waals surface area contributed by atoms with Crippen LogP contribution < -0.4 is 5.32 Å². The lowest BCUT2D eigenvalue weighted by atomic mass is 10.2. The number of halogens is 1. The van der Waals surface area contributed by atoms with Gasteiger partial charge in [0.05, 0.1) is 18.3 Å². The molecule has 1 aromatic rings. The van der Waals surface area contributed by atoms with Crippen LogP contribution in [0.15, 0.2) is 28.7 Å². The van der Waals surface area contributed by atoms with Gasteiger partial charge in [0.2, 0.25) is 5.91 Å². The first kappa shape index (κ1) is 16.4. The smallest absolute Gasteiger partial charge is 0.238 e. The predicted octanol–water partition coefficient (Wildman–Crippen LogP) is 1.38. The number of anilines is 1. The molecule has 1 heterocycles. The van der Waals surface area contributed by atoms with Crippen LogP contribution in [0.1, 0.15) is 6.42 Å². The molecular formula is C15H22BrN3O2. The quantitative estimate of drug-likeness (QED) is 0.837. The van der Waals surface area contributed by atoms with E-state index < -0.39 is 0 Å². The first-order chi connectivity index (χ1) is 9.95. The minimum atomic E-state index is -0.341. The summed E-state index contributed by atoms with van der Waals surface area (Å²) in [6.07, 6.45) is 0.381. The lowest BCUT2D eigenvalue weighted by Crippen LogP contribution is -2.41. The number of nitrogens with zero attached hydrogens (tertiary/aromatic N) is 2. The number of carbonyl (C=O) groups is 1. The Morgan fingerprint density at radius 2 is 2.19 bits per heavy atom. The molecule has 5 nitrogen and oxygen atoms in total. The molecule has 1 aliphatic rings. The first-order valence-corrected chi connectivity index (χ1v) is 7.86. The van der Waals surface area contributed by atoms with Crippen LogP contribution in [-0.4, -0.2) is 66.7 Å². The lowest BCUT2D eigenvalue weighted by Gasteiger charge is -2.26. The molecule has 0 aliphatic carbocycles. The number of rotatable bonds is 5. The van der Waals surface area contributed by atoms with Crippen molar-refractivity contribution < 1.29 is 9.90 Å². The fourth-order valence-corrected chi connectivity index (χ4v) is 3.08. The summed E-state index contributed by atoms with van der Waals surface area (Å²) in [7, 11) is 4.01. The van der Waals surface area contributed by atoms with Crippen LogP contribution in [0.3, 0.4) is 0 Å². The second kappa shape index (κ2) is 7.35. The Balaban J connectivity index is 1.93. The zero-order valence-electron chi connectivity index (χ0n) is 12.4. The average molecular weight is 356 g/mol. The monoisotopic (exact) mass is 355 g/mol. The van der Waals surface area contributed by atoms with Crippen LogP contribution in [0.5, 0.6) is 0 Å². The molecule has 2 unspecified atom stereocenters. The Morgan fingerprint density at radius 1 is 1.48 bits per heavy atom. The number of amides is 1. The van der Waals surface area contributed by atoms with E-state index in [2.05, 4.69) is 31.0 Å². The minimum Gasteiger partial charge on any atom is -0.392 e. The van der Waals surface area contributed by atoms with E-state index in [-0.39, 0.29) is 18.1 Å². The summed E-state index contributed by atoms with van der Waals surface area (Å²) >= 11 is 3.42. The van der Waals surface area contributed by atoms with Crippen LogP contribution in [0, 0.1) is 0 Å². The number of likely N-dealkylation sites (N-methyl/N-ethyl adjacent to an activating group) is 1. The summed E-state index contributed by atoms with van der Waals surface area (Å²) in [6.45, 7) is 1.71. The fraction of sp³-hybridized carbons (Fsp3) is 0.533. The highest BCUT2D eigenvalue weighted by molar-refractivity contribution is 9.10. The van der Waals surface area contributed by atoms with Crippen molar-refractivity contribution in [2.24, 2.45) is 0 Å². The standard InChI is InChI=1S/C15H22BrN3O2/c1-18(2)8-11-7-12(20)9-19(11)10-15(21)17-14-6-4-3-5-13(14)16/h3-6,11-12,20H,7-10H2,1-2H3,(H,17,21). The molecule has 1 aliphatic heterocycles. The molecule has 2 N–H and O–H groups in total. The molecule has 0 bridgehead atoms. The van der Waals surface area contributed by atoms with E-state index in [0.717, 1.165) is 23.1 Å². The van der Waals surface area contributed by atoms with Crippen LogP contribution in [-0.2, 0) is 4.79 Å². The van der Waals surface area contributed by atoms with E-state index in [4.69, 9.17) is 0 Å². The van der Waals surface area contributed by atoms with Gasteiger partial charge in [0.25, 0.3) is 0 Å². The van der Waals surface area contributed by atoms with Crippen molar-refractivity contribution in [2.75, 3.05) is 39.0 Å². The van der Waals surface area contributed by atoms with Crippen molar-refractivity contribution in [1.29, 1.82) is 0 Å². The Morgan fingerprint density at radius 3 is 2.86 bits per heavy atom. The molecule has 0 radical (unpaired) electrons. The maximum absolute atomic E-state index is 12.2. The summed E-state index contributed by atoms with van der Waals surface area (Å²) in [5.41, 5.74) is 0.770. The van der Waals surface area contributed by atoms with Crippen LogP contribution in [0.4, 0.5) is 5.69 Å². The van der Waals surface area contributed by atoms with Gasteiger partial charge in [-0.1, -0.05) is 12.1 Å². The zero-order valence-corrected chi connectivity index (χ0v) is 14.0. The molecule has 2 atom stereocenters. The molecule has 1 aromatic carbocycles. The molecule has 0 spiro atoms. The summed E-state index contributed by atoms with van der Waals surface area (Å²) < 4.78 is 0.865. The fourth-order valence-electron chi connectivity index (χ4n) is 2.70. The van der Waals surface area contributed by atoms with Crippen molar-refractivity contribution in [2.45, 2.75) is 18.6 Å². The van der Waals surface area contributed by atoms with Gasteiger partial charge in [-0.15, -0.1) is 0 Å². The maximum atomic E-state index is 12.2. The van der Waals surface area contributed by atoms with Gasteiger partial charge in [-0.2, -0.15) is 0 Å². The van der Waals surface area contributed by atoms with E-state index in [1.54, 1.807) is 0 Å². The molecule has 21 heavy (non-hydrogen) atoms. The zero-order chi connectivity index (χ0) is 15.4. The molecule has 0 aromatic heterocycles. The highest BCUT2D eigenvalue weighted by Gasteiger charge is 2.32. The normalized spacial score (nSPS) is 22.7. The van der Waals surface area contributed by atoms with Gasteiger partial charge >= 0.3 is 0 Å². The van der Waals surface area contributed by atoms with Crippen molar-refractivity contribution >= 4 is 27.5 Å². The Labute approximate surface area is 134 Å².